The molecule has 1 aliphatic heterocycles. The van der Waals surface area contributed by atoms with Gasteiger partial charge in [0.1, 0.15) is 6.04 Å². The molecule has 1 atom stereocenters. The zero-order valence-electron chi connectivity index (χ0n) is 12.2. The average Bonchev–Trinajstić information content (AvgIpc) is 2.60. The van der Waals surface area contributed by atoms with E-state index in [9.17, 15) is 4.79 Å². The number of hydrogen-bond donors (Lipinski definition) is 1. The lowest BCUT2D eigenvalue weighted by molar-refractivity contribution is -0.118. The summed E-state index contributed by atoms with van der Waals surface area (Å²) >= 11 is 0. The van der Waals surface area contributed by atoms with Gasteiger partial charge in [0.25, 0.3) is 0 Å². The van der Waals surface area contributed by atoms with E-state index in [0.29, 0.717) is 6.04 Å². The van der Waals surface area contributed by atoms with E-state index in [4.69, 9.17) is 5.73 Å². The summed E-state index contributed by atoms with van der Waals surface area (Å²) in [6.45, 7) is 7.56. The van der Waals surface area contributed by atoms with Crippen molar-refractivity contribution in [2.45, 2.75) is 39.3 Å². The van der Waals surface area contributed by atoms with Gasteiger partial charge in [-0.3, -0.25) is 4.79 Å². The highest BCUT2D eigenvalue weighted by Crippen LogP contribution is 2.36. The smallest absolute Gasteiger partial charge is 0.248 e. The Hall–Kier alpha value is -1.55. The fourth-order valence-electron chi connectivity index (χ4n) is 2.65. The minimum absolute atomic E-state index is 0.0289. The van der Waals surface area contributed by atoms with Crippen LogP contribution in [0, 0.1) is 0 Å². The molecule has 0 radical (unpaired) electrons. The molecule has 4 heteroatoms. The molecule has 1 aliphatic rings. The normalized spacial score (nSPS) is 18.1. The van der Waals surface area contributed by atoms with Gasteiger partial charge in [-0.2, -0.15) is 0 Å². The number of likely N-dealkylation sites (N-methyl/N-ethyl adjacent to an activating group) is 1. The molecule has 1 unspecified atom stereocenters. The van der Waals surface area contributed by atoms with E-state index >= 15 is 0 Å². The second-order valence-corrected chi connectivity index (χ2v) is 5.41. The van der Waals surface area contributed by atoms with Crippen LogP contribution in [0.15, 0.2) is 18.2 Å². The van der Waals surface area contributed by atoms with Gasteiger partial charge in [0.15, 0.2) is 0 Å². The van der Waals surface area contributed by atoms with Crippen LogP contribution >= 0.6 is 0 Å². The molecule has 4 nitrogen and oxygen atoms in total. The number of benzene rings is 1. The number of nitrogens with two attached hydrogens (primary N) is 1. The first-order chi connectivity index (χ1) is 8.97. The monoisotopic (exact) mass is 261 g/mol. The van der Waals surface area contributed by atoms with E-state index in [1.807, 2.05) is 6.07 Å². The van der Waals surface area contributed by atoms with Crippen molar-refractivity contribution in [1.29, 1.82) is 0 Å². The van der Waals surface area contributed by atoms with E-state index in [1.54, 1.807) is 11.9 Å². The summed E-state index contributed by atoms with van der Waals surface area (Å²) in [6, 6.07) is 6.07. The van der Waals surface area contributed by atoms with Crippen molar-refractivity contribution < 1.29 is 4.79 Å². The lowest BCUT2D eigenvalue weighted by atomic mass is 10.1. The van der Waals surface area contributed by atoms with Crippen LogP contribution in [0.3, 0.4) is 0 Å². The zero-order chi connectivity index (χ0) is 14.2. The first kappa shape index (κ1) is 13.9. The highest BCUT2D eigenvalue weighted by molar-refractivity contribution is 6.04. The predicted octanol–water partition coefficient (Wildman–Crippen LogP) is 2.29. The van der Waals surface area contributed by atoms with Crippen molar-refractivity contribution in [3.63, 3.8) is 0 Å². The third-order valence-electron chi connectivity index (χ3n) is 3.73. The van der Waals surface area contributed by atoms with E-state index < -0.39 is 6.04 Å². The first-order valence-corrected chi connectivity index (χ1v) is 6.91. The third kappa shape index (κ3) is 2.32. The quantitative estimate of drug-likeness (QED) is 0.904. The first-order valence-electron chi connectivity index (χ1n) is 6.91. The molecule has 104 valence electrons. The van der Waals surface area contributed by atoms with Crippen molar-refractivity contribution in [2.24, 2.45) is 5.73 Å². The maximum atomic E-state index is 11.9. The summed E-state index contributed by atoms with van der Waals surface area (Å²) < 4.78 is 0. The van der Waals surface area contributed by atoms with E-state index in [1.165, 1.54) is 0 Å². The van der Waals surface area contributed by atoms with Gasteiger partial charge in [-0.1, -0.05) is 13.0 Å². The van der Waals surface area contributed by atoms with Crippen molar-refractivity contribution in [2.75, 3.05) is 23.4 Å². The maximum Gasteiger partial charge on any atom is 0.248 e. The summed E-state index contributed by atoms with van der Waals surface area (Å²) in [5.41, 5.74) is 8.95. The zero-order valence-corrected chi connectivity index (χ0v) is 12.2. The van der Waals surface area contributed by atoms with E-state index in [2.05, 4.69) is 37.8 Å². The molecule has 1 amide bonds. The average molecular weight is 261 g/mol. The second-order valence-electron chi connectivity index (χ2n) is 5.41. The van der Waals surface area contributed by atoms with Gasteiger partial charge in [0.2, 0.25) is 5.91 Å². The van der Waals surface area contributed by atoms with Gasteiger partial charge in [0, 0.05) is 30.9 Å². The Morgan fingerprint density at radius 3 is 2.68 bits per heavy atom. The van der Waals surface area contributed by atoms with Gasteiger partial charge in [-0.15, -0.1) is 0 Å². The van der Waals surface area contributed by atoms with Gasteiger partial charge in [-0.25, -0.2) is 0 Å². The standard InChI is InChI=1S/C15H23N3O/c1-5-8-18(10(2)3)11-6-7-12-13(9-11)17(4)15(19)14(12)16/h6-7,9-10,14H,5,8,16H2,1-4H3. The molecule has 1 aromatic carbocycles. The number of fused-ring (bicyclic) bond motifs is 1. The van der Waals surface area contributed by atoms with Crippen molar-refractivity contribution in [3.8, 4) is 0 Å². The van der Waals surface area contributed by atoms with Crippen LogP contribution in [0.5, 0.6) is 0 Å². The fourth-order valence-corrected chi connectivity index (χ4v) is 2.65. The highest BCUT2D eigenvalue weighted by atomic mass is 16.2. The molecule has 0 aliphatic carbocycles. The van der Waals surface area contributed by atoms with Crippen LogP contribution in [0.1, 0.15) is 38.8 Å². The number of anilines is 2. The molecular formula is C15H23N3O. The van der Waals surface area contributed by atoms with Crippen LogP contribution in [0.2, 0.25) is 0 Å². The van der Waals surface area contributed by atoms with Gasteiger partial charge < -0.3 is 15.5 Å². The molecule has 0 saturated heterocycles. The number of rotatable bonds is 4. The SMILES string of the molecule is CCCN(c1ccc2c(c1)N(C)C(=O)C2N)C(C)C. The minimum Gasteiger partial charge on any atom is -0.369 e. The van der Waals surface area contributed by atoms with Gasteiger partial charge in [0.05, 0.1) is 5.69 Å². The number of carbonyl (C=O) groups is 1. The Morgan fingerprint density at radius 1 is 1.42 bits per heavy atom. The van der Waals surface area contributed by atoms with Gasteiger partial charge >= 0.3 is 0 Å². The Balaban J connectivity index is 2.39. The number of carbonyl (C=O) groups excluding carboxylic acids is 1. The highest BCUT2D eigenvalue weighted by Gasteiger charge is 2.32. The van der Waals surface area contributed by atoms with Crippen molar-refractivity contribution in [3.05, 3.63) is 23.8 Å². The van der Waals surface area contributed by atoms with E-state index in [-0.39, 0.29) is 5.91 Å². The molecule has 1 aromatic rings. The fraction of sp³-hybridized carbons (Fsp3) is 0.533. The molecule has 0 fully saturated rings. The van der Waals surface area contributed by atoms with Crippen LogP contribution in [-0.4, -0.2) is 25.5 Å². The third-order valence-corrected chi connectivity index (χ3v) is 3.73. The molecule has 0 aromatic heterocycles. The Kier molecular flexibility index (Phi) is 3.80. The van der Waals surface area contributed by atoms with Crippen molar-refractivity contribution in [1.82, 2.24) is 0 Å². The van der Waals surface area contributed by atoms with Crippen LogP contribution < -0.4 is 15.5 Å². The van der Waals surface area contributed by atoms with Crippen LogP contribution in [-0.2, 0) is 4.79 Å². The molecule has 19 heavy (non-hydrogen) atoms. The number of hydrogen-bond acceptors (Lipinski definition) is 3. The van der Waals surface area contributed by atoms with Crippen LogP contribution in [0.25, 0.3) is 0 Å². The molecular weight excluding hydrogens is 238 g/mol. The molecule has 0 spiro atoms. The topological polar surface area (TPSA) is 49.6 Å². The minimum atomic E-state index is -0.507. The molecule has 2 rings (SSSR count). The maximum absolute atomic E-state index is 11.9. The summed E-state index contributed by atoms with van der Waals surface area (Å²) in [6.07, 6.45) is 1.10. The lowest BCUT2D eigenvalue weighted by Crippen LogP contribution is -2.31. The lowest BCUT2D eigenvalue weighted by Gasteiger charge is -2.29. The van der Waals surface area contributed by atoms with E-state index in [0.717, 1.165) is 29.9 Å². The molecule has 1 heterocycles. The predicted molar refractivity (Wildman–Crippen MR) is 79.6 cm³/mol. The molecule has 0 saturated carbocycles. The number of amides is 1. The summed E-state index contributed by atoms with van der Waals surface area (Å²) in [5.74, 6) is -0.0289. The van der Waals surface area contributed by atoms with Crippen molar-refractivity contribution >= 4 is 17.3 Å². The second kappa shape index (κ2) is 5.21. The Bertz CT molecular complexity index is 484. The Labute approximate surface area is 115 Å². The molecule has 2 N–H and O–H groups in total. The Morgan fingerprint density at radius 2 is 2.11 bits per heavy atom. The summed E-state index contributed by atoms with van der Waals surface area (Å²) in [7, 11) is 1.79. The van der Waals surface area contributed by atoms with Gasteiger partial charge in [-0.05, 0) is 32.4 Å². The van der Waals surface area contributed by atoms with Crippen LogP contribution in [0.4, 0.5) is 11.4 Å². The number of nitrogens with zero attached hydrogens (tertiary/aromatic N) is 2. The summed E-state index contributed by atoms with van der Waals surface area (Å²) in [5, 5.41) is 0. The summed E-state index contributed by atoms with van der Waals surface area (Å²) in [4.78, 5) is 15.9. The molecule has 0 bridgehead atoms. The largest absolute Gasteiger partial charge is 0.369 e.